The lowest BCUT2D eigenvalue weighted by Crippen LogP contribution is -2.45. The van der Waals surface area contributed by atoms with Crippen molar-refractivity contribution in [2.75, 3.05) is 30.9 Å². The van der Waals surface area contributed by atoms with E-state index in [0.717, 1.165) is 36.2 Å². The minimum atomic E-state index is 0.118. The van der Waals surface area contributed by atoms with Gasteiger partial charge in [-0.2, -0.15) is 0 Å². The highest BCUT2D eigenvalue weighted by atomic mass is 79.9. The normalized spacial score (nSPS) is 14.8. The number of hydrogen-bond acceptors (Lipinski definition) is 4. The van der Waals surface area contributed by atoms with Crippen LogP contribution in [-0.4, -0.2) is 37.9 Å². The van der Waals surface area contributed by atoms with Gasteiger partial charge in [-0.1, -0.05) is 15.9 Å². The molecule has 28 heavy (non-hydrogen) atoms. The topological polar surface area (TPSA) is 41.6 Å². The van der Waals surface area contributed by atoms with Gasteiger partial charge in [-0.05, 0) is 74.2 Å². The molecule has 1 amide bonds. The first-order valence-electron chi connectivity index (χ1n) is 9.54. The molecule has 0 unspecified atom stereocenters. The molecule has 4 nitrogen and oxygen atoms in total. The van der Waals surface area contributed by atoms with Crippen molar-refractivity contribution < 1.29 is 9.53 Å². The maximum Gasteiger partial charge on any atom is 0.230 e. The molecule has 0 aromatic heterocycles. The fourth-order valence-corrected chi connectivity index (χ4v) is 4.77. The second-order valence-electron chi connectivity index (χ2n) is 7.18. The summed E-state index contributed by atoms with van der Waals surface area (Å²) in [6.07, 6.45) is 1.94. The van der Waals surface area contributed by atoms with Gasteiger partial charge in [-0.3, -0.25) is 4.79 Å². The largest absolute Gasteiger partial charge is 0.497 e. The van der Waals surface area contributed by atoms with Crippen LogP contribution in [0, 0.1) is 13.8 Å². The number of nitrogens with one attached hydrogen (secondary N) is 1. The van der Waals surface area contributed by atoms with Crippen LogP contribution in [-0.2, 0) is 4.79 Å². The van der Waals surface area contributed by atoms with Crippen molar-refractivity contribution >= 4 is 39.3 Å². The van der Waals surface area contributed by atoms with E-state index in [1.165, 1.54) is 21.7 Å². The van der Waals surface area contributed by atoms with E-state index in [9.17, 15) is 4.79 Å². The van der Waals surface area contributed by atoms with Crippen molar-refractivity contribution in [3.05, 3.63) is 52.0 Å². The molecule has 3 rings (SSSR count). The Morgan fingerprint density at radius 1 is 1.18 bits per heavy atom. The van der Waals surface area contributed by atoms with Gasteiger partial charge in [0.05, 0.1) is 12.9 Å². The van der Waals surface area contributed by atoms with Crippen LogP contribution < -0.4 is 15.0 Å². The zero-order valence-electron chi connectivity index (χ0n) is 16.6. The monoisotopic (exact) mass is 462 g/mol. The molecule has 0 saturated carbocycles. The molecule has 0 radical (unpaired) electrons. The van der Waals surface area contributed by atoms with E-state index < -0.39 is 0 Å². The van der Waals surface area contributed by atoms with Gasteiger partial charge in [0.15, 0.2) is 0 Å². The molecular weight excluding hydrogens is 436 g/mol. The van der Waals surface area contributed by atoms with Crippen molar-refractivity contribution in [3.8, 4) is 5.75 Å². The predicted molar refractivity (Wildman–Crippen MR) is 121 cm³/mol. The van der Waals surface area contributed by atoms with E-state index in [4.69, 9.17) is 4.74 Å². The Kier molecular flexibility index (Phi) is 7.30. The molecule has 2 aromatic rings. The number of carbonyl (C=O) groups excluding carboxylic acids is 1. The SMILES string of the molecule is COc1ccc(N2CCC(NC(=O)CSc3cc(C)c(Br)cc3C)CC2)cc1. The summed E-state index contributed by atoms with van der Waals surface area (Å²) in [6, 6.07) is 12.7. The van der Waals surface area contributed by atoms with Crippen LogP contribution >= 0.6 is 27.7 Å². The maximum atomic E-state index is 12.4. The third-order valence-corrected chi connectivity index (χ3v) is 7.12. The average Bonchev–Trinajstić information content (AvgIpc) is 2.70. The first-order chi connectivity index (χ1) is 13.5. The fraction of sp³-hybridized carbons (Fsp3) is 0.409. The number of benzene rings is 2. The molecule has 0 bridgehead atoms. The molecule has 1 aliphatic rings. The predicted octanol–water partition coefficient (Wildman–Crippen LogP) is 4.95. The molecule has 0 aliphatic carbocycles. The van der Waals surface area contributed by atoms with Gasteiger partial charge in [-0.25, -0.2) is 0 Å². The van der Waals surface area contributed by atoms with E-state index in [-0.39, 0.29) is 11.9 Å². The van der Waals surface area contributed by atoms with Crippen LogP contribution in [0.4, 0.5) is 5.69 Å². The van der Waals surface area contributed by atoms with E-state index in [2.05, 4.69) is 64.3 Å². The zero-order valence-corrected chi connectivity index (χ0v) is 19.0. The van der Waals surface area contributed by atoms with Crippen molar-refractivity contribution in [2.24, 2.45) is 0 Å². The molecule has 0 spiro atoms. The second kappa shape index (κ2) is 9.70. The number of halogens is 1. The van der Waals surface area contributed by atoms with Crippen molar-refractivity contribution in [2.45, 2.75) is 37.6 Å². The minimum absolute atomic E-state index is 0.118. The molecule has 6 heteroatoms. The Morgan fingerprint density at radius 3 is 2.50 bits per heavy atom. The fourth-order valence-electron chi connectivity index (χ4n) is 3.40. The van der Waals surface area contributed by atoms with Crippen LogP contribution in [0.15, 0.2) is 45.8 Å². The lowest BCUT2D eigenvalue weighted by Gasteiger charge is -2.34. The Hall–Kier alpha value is -1.66. The van der Waals surface area contributed by atoms with Gasteiger partial charge in [0.1, 0.15) is 5.75 Å². The van der Waals surface area contributed by atoms with Gasteiger partial charge in [0.25, 0.3) is 0 Å². The number of rotatable bonds is 6. The summed E-state index contributed by atoms with van der Waals surface area (Å²) in [4.78, 5) is 15.9. The molecular formula is C22H27BrN2O2S. The lowest BCUT2D eigenvalue weighted by atomic mass is 10.0. The van der Waals surface area contributed by atoms with Gasteiger partial charge < -0.3 is 15.0 Å². The zero-order chi connectivity index (χ0) is 20.1. The summed E-state index contributed by atoms with van der Waals surface area (Å²) in [5.41, 5.74) is 3.60. The molecule has 1 saturated heterocycles. The lowest BCUT2D eigenvalue weighted by molar-refractivity contribution is -0.119. The van der Waals surface area contributed by atoms with Gasteiger partial charge in [0, 0.05) is 34.2 Å². The summed E-state index contributed by atoms with van der Waals surface area (Å²) >= 11 is 5.17. The highest BCUT2D eigenvalue weighted by Gasteiger charge is 2.21. The Balaban J connectivity index is 1.45. The molecule has 1 heterocycles. The van der Waals surface area contributed by atoms with Gasteiger partial charge in [-0.15, -0.1) is 11.8 Å². The minimum Gasteiger partial charge on any atom is -0.497 e. The smallest absolute Gasteiger partial charge is 0.230 e. The molecule has 150 valence electrons. The summed E-state index contributed by atoms with van der Waals surface area (Å²) < 4.78 is 6.33. The van der Waals surface area contributed by atoms with Gasteiger partial charge >= 0.3 is 0 Å². The number of anilines is 1. The van der Waals surface area contributed by atoms with E-state index in [0.29, 0.717) is 5.75 Å². The number of thioether (sulfide) groups is 1. The molecule has 0 atom stereocenters. The molecule has 1 aliphatic heterocycles. The number of aryl methyl sites for hydroxylation is 2. The Morgan fingerprint density at radius 2 is 1.86 bits per heavy atom. The Labute approximate surface area is 180 Å². The number of amides is 1. The van der Waals surface area contributed by atoms with Crippen molar-refractivity contribution in [1.29, 1.82) is 0 Å². The maximum absolute atomic E-state index is 12.4. The van der Waals surface area contributed by atoms with E-state index >= 15 is 0 Å². The van der Waals surface area contributed by atoms with Crippen LogP contribution in [0.1, 0.15) is 24.0 Å². The number of hydrogen-bond donors (Lipinski definition) is 1. The number of piperidine rings is 1. The summed E-state index contributed by atoms with van der Waals surface area (Å²) in [7, 11) is 1.68. The summed E-state index contributed by atoms with van der Waals surface area (Å²) in [5, 5.41) is 3.21. The van der Waals surface area contributed by atoms with E-state index in [1.54, 1.807) is 18.9 Å². The Bertz CT molecular complexity index is 818. The molecule has 2 aromatic carbocycles. The van der Waals surface area contributed by atoms with E-state index in [1.807, 2.05) is 12.1 Å². The van der Waals surface area contributed by atoms with Crippen LogP contribution in [0.25, 0.3) is 0 Å². The summed E-state index contributed by atoms with van der Waals surface area (Å²) in [5.74, 6) is 1.45. The number of ether oxygens (including phenoxy) is 1. The highest BCUT2D eigenvalue weighted by Crippen LogP contribution is 2.28. The average molecular weight is 463 g/mol. The third kappa shape index (κ3) is 5.45. The van der Waals surface area contributed by atoms with Crippen LogP contribution in [0.5, 0.6) is 5.75 Å². The number of methoxy groups -OCH3 is 1. The highest BCUT2D eigenvalue weighted by molar-refractivity contribution is 9.10. The van der Waals surface area contributed by atoms with Crippen LogP contribution in [0.3, 0.4) is 0 Å². The van der Waals surface area contributed by atoms with Gasteiger partial charge in [0.2, 0.25) is 5.91 Å². The number of nitrogens with zero attached hydrogens (tertiary/aromatic N) is 1. The standard InChI is InChI=1S/C22H27BrN2O2S/c1-15-13-21(16(2)12-20(15)23)28-14-22(26)24-17-8-10-25(11-9-17)18-4-6-19(27-3)7-5-18/h4-7,12-13,17H,8-11,14H2,1-3H3,(H,24,26). The van der Waals surface area contributed by atoms with Crippen molar-refractivity contribution in [1.82, 2.24) is 5.32 Å². The second-order valence-corrected chi connectivity index (χ2v) is 9.05. The van der Waals surface area contributed by atoms with Crippen molar-refractivity contribution in [3.63, 3.8) is 0 Å². The first kappa shape index (κ1) is 21.1. The summed E-state index contributed by atoms with van der Waals surface area (Å²) in [6.45, 7) is 6.06. The third-order valence-electron chi connectivity index (χ3n) is 5.11. The molecule has 1 fully saturated rings. The molecule has 1 N–H and O–H groups in total. The quantitative estimate of drug-likeness (QED) is 0.616. The first-order valence-corrected chi connectivity index (χ1v) is 11.3. The van der Waals surface area contributed by atoms with Crippen LogP contribution in [0.2, 0.25) is 0 Å². The number of carbonyl (C=O) groups is 1.